The van der Waals surface area contributed by atoms with Gasteiger partial charge in [-0.05, 0) is 25.3 Å². The predicted molar refractivity (Wildman–Crippen MR) is 58.9 cm³/mol. The lowest BCUT2D eigenvalue weighted by Crippen LogP contribution is -2.07. The van der Waals surface area contributed by atoms with Crippen LogP contribution in [-0.2, 0) is 9.53 Å². The van der Waals surface area contributed by atoms with E-state index < -0.39 is 5.97 Å². The van der Waals surface area contributed by atoms with E-state index in [4.69, 9.17) is 10.00 Å². The number of nitriles is 1. The summed E-state index contributed by atoms with van der Waals surface area (Å²) in [5.41, 5.74) is 0.721. The molecule has 0 aromatic carbocycles. The van der Waals surface area contributed by atoms with Crippen molar-refractivity contribution in [3.05, 3.63) is 23.3 Å². The van der Waals surface area contributed by atoms with Crippen molar-refractivity contribution in [3.8, 4) is 6.07 Å². The molecule has 0 unspecified atom stereocenters. The minimum Gasteiger partial charge on any atom is -0.462 e. The van der Waals surface area contributed by atoms with Crippen LogP contribution in [0.25, 0.3) is 0 Å². The van der Waals surface area contributed by atoms with Crippen molar-refractivity contribution in [2.75, 3.05) is 6.61 Å². The topological polar surface area (TPSA) is 50.1 Å². The van der Waals surface area contributed by atoms with Crippen molar-refractivity contribution >= 4 is 5.97 Å². The molecule has 0 aromatic rings. The largest absolute Gasteiger partial charge is 0.462 e. The fourth-order valence-electron chi connectivity index (χ4n) is 0.918. The maximum Gasteiger partial charge on any atom is 0.349 e. The first-order valence-corrected chi connectivity index (χ1v) is 4.99. The van der Waals surface area contributed by atoms with Gasteiger partial charge in [-0.2, -0.15) is 5.26 Å². The van der Waals surface area contributed by atoms with Crippen LogP contribution in [0.3, 0.4) is 0 Å². The van der Waals surface area contributed by atoms with Crippen molar-refractivity contribution in [3.63, 3.8) is 0 Å². The number of hydrogen-bond acceptors (Lipinski definition) is 3. The van der Waals surface area contributed by atoms with Gasteiger partial charge in [-0.1, -0.05) is 26.0 Å². The number of ether oxygens (including phenoxy) is 1. The Morgan fingerprint density at radius 2 is 2.13 bits per heavy atom. The normalized spacial score (nSPS) is 12.5. The van der Waals surface area contributed by atoms with Crippen molar-refractivity contribution < 1.29 is 9.53 Å². The van der Waals surface area contributed by atoms with Crippen LogP contribution in [0, 0.1) is 17.2 Å². The molecule has 0 bridgehead atoms. The fraction of sp³-hybridized carbons (Fsp3) is 0.500. The van der Waals surface area contributed by atoms with Gasteiger partial charge in [-0.3, -0.25) is 0 Å². The molecule has 0 atom stereocenters. The van der Waals surface area contributed by atoms with Gasteiger partial charge < -0.3 is 4.74 Å². The summed E-state index contributed by atoms with van der Waals surface area (Å²) in [5, 5.41) is 8.82. The SMILES string of the molecule is CCOC(=O)/C(C#N)=C(C)\C=C\C(C)C. The summed E-state index contributed by atoms with van der Waals surface area (Å²) >= 11 is 0. The Morgan fingerprint density at radius 1 is 1.53 bits per heavy atom. The second-order valence-electron chi connectivity index (χ2n) is 3.49. The number of carbonyl (C=O) groups excluding carboxylic acids is 1. The molecule has 0 aromatic heterocycles. The molecule has 0 fully saturated rings. The standard InChI is InChI=1S/C12H17NO2/c1-5-15-12(14)11(8-13)10(4)7-6-9(2)3/h6-7,9H,5H2,1-4H3/b7-6+,11-10-. The zero-order valence-electron chi connectivity index (χ0n) is 9.70. The second kappa shape index (κ2) is 6.83. The third kappa shape index (κ3) is 5.02. The lowest BCUT2D eigenvalue weighted by Gasteiger charge is -2.02. The number of rotatable bonds is 4. The Balaban J connectivity index is 4.84. The van der Waals surface area contributed by atoms with E-state index >= 15 is 0 Å². The Labute approximate surface area is 91.0 Å². The number of hydrogen-bond donors (Lipinski definition) is 0. The minimum absolute atomic E-state index is 0.0775. The second-order valence-corrected chi connectivity index (χ2v) is 3.49. The quantitative estimate of drug-likeness (QED) is 0.308. The summed E-state index contributed by atoms with van der Waals surface area (Å²) < 4.78 is 4.77. The molecule has 82 valence electrons. The Morgan fingerprint density at radius 3 is 2.53 bits per heavy atom. The third-order valence-corrected chi connectivity index (χ3v) is 1.72. The molecule has 0 aliphatic rings. The van der Waals surface area contributed by atoms with E-state index in [1.165, 1.54) is 0 Å². The van der Waals surface area contributed by atoms with E-state index in [2.05, 4.69) is 0 Å². The monoisotopic (exact) mass is 207 g/mol. The Hall–Kier alpha value is -1.56. The summed E-state index contributed by atoms with van der Waals surface area (Å²) in [4.78, 5) is 11.3. The van der Waals surface area contributed by atoms with Gasteiger partial charge in [0.25, 0.3) is 0 Å². The molecule has 0 aliphatic carbocycles. The third-order valence-electron chi connectivity index (χ3n) is 1.72. The molecule has 0 rings (SSSR count). The number of carbonyl (C=O) groups is 1. The molecule has 0 radical (unpaired) electrons. The van der Waals surface area contributed by atoms with Gasteiger partial charge in [0, 0.05) is 0 Å². The molecular weight excluding hydrogens is 190 g/mol. The van der Waals surface area contributed by atoms with Gasteiger partial charge in [0.2, 0.25) is 0 Å². The lowest BCUT2D eigenvalue weighted by molar-refractivity contribution is -0.138. The van der Waals surface area contributed by atoms with Gasteiger partial charge in [0.15, 0.2) is 0 Å². The molecule has 0 saturated heterocycles. The molecule has 0 heterocycles. The highest BCUT2D eigenvalue weighted by molar-refractivity contribution is 5.94. The first-order valence-electron chi connectivity index (χ1n) is 4.99. The van der Waals surface area contributed by atoms with Gasteiger partial charge >= 0.3 is 5.97 Å². The molecule has 0 N–H and O–H groups in total. The average Bonchev–Trinajstić information content (AvgIpc) is 2.16. The first-order chi connectivity index (χ1) is 7.02. The van der Waals surface area contributed by atoms with E-state index in [-0.39, 0.29) is 12.2 Å². The smallest absolute Gasteiger partial charge is 0.349 e. The van der Waals surface area contributed by atoms with Gasteiger partial charge in [0.05, 0.1) is 6.61 Å². The van der Waals surface area contributed by atoms with E-state index in [1.807, 2.05) is 26.0 Å². The highest BCUT2D eigenvalue weighted by Gasteiger charge is 2.11. The number of allylic oxidation sites excluding steroid dienone is 3. The molecule has 0 saturated carbocycles. The van der Waals surface area contributed by atoms with Crippen molar-refractivity contribution in [1.82, 2.24) is 0 Å². The Bertz CT molecular complexity index is 319. The highest BCUT2D eigenvalue weighted by Crippen LogP contribution is 2.08. The van der Waals surface area contributed by atoms with Gasteiger partial charge in [-0.15, -0.1) is 0 Å². The lowest BCUT2D eigenvalue weighted by atomic mass is 10.1. The summed E-state index contributed by atoms with van der Waals surface area (Å²) in [5.74, 6) is -0.159. The van der Waals surface area contributed by atoms with Crippen LogP contribution < -0.4 is 0 Å². The van der Waals surface area contributed by atoms with Crippen LogP contribution in [0.15, 0.2) is 23.3 Å². The van der Waals surface area contributed by atoms with E-state index in [1.54, 1.807) is 19.9 Å². The number of esters is 1. The van der Waals surface area contributed by atoms with E-state index in [9.17, 15) is 4.79 Å². The van der Waals surface area contributed by atoms with Crippen LogP contribution in [-0.4, -0.2) is 12.6 Å². The molecule has 0 aliphatic heterocycles. The van der Waals surface area contributed by atoms with Crippen LogP contribution in [0.2, 0.25) is 0 Å². The van der Waals surface area contributed by atoms with E-state index in [0.717, 1.165) is 0 Å². The highest BCUT2D eigenvalue weighted by atomic mass is 16.5. The molecule has 0 amide bonds. The minimum atomic E-state index is -0.550. The summed E-state index contributed by atoms with van der Waals surface area (Å²) in [6, 6.07) is 1.86. The van der Waals surface area contributed by atoms with Crippen molar-refractivity contribution in [1.29, 1.82) is 5.26 Å². The van der Waals surface area contributed by atoms with Crippen molar-refractivity contribution in [2.24, 2.45) is 5.92 Å². The maximum absolute atomic E-state index is 11.3. The average molecular weight is 207 g/mol. The first kappa shape index (κ1) is 13.4. The molecule has 0 spiro atoms. The van der Waals surface area contributed by atoms with Crippen LogP contribution in [0.5, 0.6) is 0 Å². The summed E-state index contributed by atoms with van der Waals surface area (Å²) in [6.07, 6.45) is 3.71. The number of nitrogens with zero attached hydrogens (tertiary/aromatic N) is 1. The fourth-order valence-corrected chi connectivity index (χ4v) is 0.918. The molecule has 3 heteroatoms. The Kier molecular flexibility index (Phi) is 6.12. The summed E-state index contributed by atoms with van der Waals surface area (Å²) in [7, 11) is 0. The summed E-state index contributed by atoms with van der Waals surface area (Å²) in [6.45, 7) is 7.78. The van der Waals surface area contributed by atoms with Gasteiger partial charge in [0.1, 0.15) is 11.6 Å². The molecule has 3 nitrogen and oxygen atoms in total. The zero-order chi connectivity index (χ0) is 11.8. The van der Waals surface area contributed by atoms with Crippen LogP contribution >= 0.6 is 0 Å². The zero-order valence-corrected chi connectivity index (χ0v) is 9.70. The maximum atomic E-state index is 11.3. The predicted octanol–water partition coefficient (Wildman–Crippen LogP) is 2.60. The van der Waals surface area contributed by atoms with Crippen LogP contribution in [0.1, 0.15) is 27.7 Å². The van der Waals surface area contributed by atoms with Crippen molar-refractivity contribution in [2.45, 2.75) is 27.7 Å². The van der Waals surface area contributed by atoms with Gasteiger partial charge in [-0.25, -0.2) is 4.79 Å². The molecule has 15 heavy (non-hydrogen) atoms. The molecular formula is C12H17NO2. The van der Waals surface area contributed by atoms with Crippen LogP contribution in [0.4, 0.5) is 0 Å². The van der Waals surface area contributed by atoms with E-state index in [0.29, 0.717) is 11.5 Å².